The minimum atomic E-state index is 0.670. The van der Waals surface area contributed by atoms with Gasteiger partial charge in [-0.25, -0.2) is 0 Å². The van der Waals surface area contributed by atoms with Gasteiger partial charge in [0.05, 0.1) is 11.6 Å². The largest absolute Gasteiger partial charge is 0.361 e. The Bertz CT molecular complexity index is 703. The average molecular weight is 279 g/mol. The highest BCUT2D eigenvalue weighted by atomic mass is 15.2. The van der Waals surface area contributed by atoms with Crippen LogP contribution < -0.4 is 0 Å². The number of nitrogens with one attached hydrogen (secondary N) is 1. The number of aromatic amines is 1. The lowest BCUT2D eigenvalue weighted by Crippen LogP contribution is -2.32. The maximum Gasteiger partial charge on any atom is 0.0991 e. The molecule has 0 bridgehead atoms. The molecule has 1 aromatic heterocycles. The quantitative estimate of drug-likeness (QED) is 0.932. The standard InChI is InChI=1S/C18H21N3/c1-12(21-6-2-3-7-21)14-9-15(14)17-11-20-18-5-4-13(10-19)8-16(17)18/h4-5,8,11-12,14-15,20H,2-3,6-7,9H2,1H3. The molecule has 0 spiro atoms. The molecule has 3 heteroatoms. The van der Waals surface area contributed by atoms with Gasteiger partial charge in [0.1, 0.15) is 0 Å². The van der Waals surface area contributed by atoms with E-state index in [-0.39, 0.29) is 0 Å². The lowest BCUT2D eigenvalue weighted by atomic mass is 10.0. The van der Waals surface area contributed by atoms with Crippen molar-refractivity contribution in [3.8, 4) is 6.07 Å². The Hall–Kier alpha value is -1.79. The molecule has 2 aromatic rings. The van der Waals surface area contributed by atoms with E-state index in [1.807, 2.05) is 18.2 Å². The molecule has 1 N–H and O–H groups in total. The van der Waals surface area contributed by atoms with E-state index in [2.05, 4.69) is 29.1 Å². The SMILES string of the molecule is CC(C1CC1c1c[nH]c2ccc(C#N)cc12)N1CCCC1. The monoisotopic (exact) mass is 279 g/mol. The summed E-state index contributed by atoms with van der Waals surface area (Å²) in [6.45, 7) is 4.94. The zero-order valence-electron chi connectivity index (χ0n) is 12.5. The summed E-state index contributed by atoms with van der Waals surface area (Å²) in [6, 6.07) is 8.90. The van der Waals surface area contributed by atoms with Gasteiger partial charge in [-0.3, -0.25) is 0 Å². The molecular weight excluding hydrogens is 258 g/mol. The van der Waals surface area contributed by atoms with Crippen LogP contribution in [0, 0.1) is 17.2 Å². The van der Waals surface area contributed by atoms with Crippen LogP contribution in [0.15, 0.2) is 24.4 Å². The summed E-state index contributed by atoms with van der Waals surface area (Å²) in [5, 5.41) is 10.3. The fourth-order valence-electron chi connectivity index (χ4n) is 4.04. The predicted molar refractivity (Wildman–Crippen MR) is 84.1 cm³/mol. The summed E-state index contributed by atoms with van der Waals surface area (Å²) in [5.41, 5.74) is 3.33. The van der Waals surface area contributed by atoms with E-state index in [0.29, 0.717) is 12.0 Å². The Morgan fingerprint density at radius 2 is 2.14 bits per heavy atom. The number of nitriles is 1. The summed E-state index contributed by atoms with van der Waals surface area (Å²) in [4.78, 5) is 6.02. The molecule has 1 aliphatic carbocycles. The number of rotatable bonds is 3. The molecule has 2 fully saturated rings. The van der Waals surface area contributed by atoms with Crippen LogP contribution in [0.1, 0.15) is 43.2 Å². The molecule has 1 saturated carbocycles. The molecular formula is C18H21N3. The fourth-order valence-corrected chi connectivity index (χ4v) is 4.04. The van der Waals surface area contributed by atoms with E-state index >= 15 is 0 Å². The molecule has 1 saturated heterocycles. The number of hydrogen-bond acceptors (Lipinski definition) is 2. The van der Waals surface area contributed by atoms with Crippen molar-refractivity contribution in [2.75, 3.05) is 13.1 Å². The highest BCUT2D eigenvalue weighted by Crippen LogP contribution is 2.52. The van der Waals surface area contributed by atoms with Crippen molar-refractivity contribution in [2.45, 2.75) is 38.1 Å². The van der Waals surface area contributed by atoms with Crippen molar-refractivity contribution in [1.82, 2.24) is 9.88 Å². The first-order chi connectivity index (χ1) is 10.3. The fraction of sp³-hybridized carbons (Fsp3) is 0.500. The van der Waals surface area contributed by atoms with Crippen LogP contribution in [0.2, 0.25) is 0 Å². The zero-order chi connectivity index (χ0) is 14.4. The Balaban J connectivity index is 1.59. The van der Waals surface area contributed by atoms with E-state index in [4.69, 9.17) is 5.26 Å². The summed E-state index contributed by atoms with van der Waals surface area (Å²) in [6.07, 6.45) is 6.18. The summed E-state index contributed by atoms with van der Waals surface area (Å²) in [5.74, 6) is 1.45. The average Bonchev–Trinajstić information content (AvgIpc) is 2.95. The van der Waals surface area contributed by atoms with Gasteiger partial charge < -0.3 is 9.88 Å². The molecule has 3 nitrogen and oxygen atoms in total. The highest BCUT2D eigenvalue weighted by molar-refractivity contribution is 5.85. The van der Waals surface area contributed by atoms with Crippen LogP contribution in [-0.2, 0) is 0 Å². The third-order valence-electron chi connectivity index (χ3n) is 5.42. The Kier molecular flexibility index (Phi) is 3.01. The van der Waals surface area contributed by atoms with E-state index < -0.39 is 0 Å². The van der Waals surface area contributed by atoms with E-state index in [0.717, 1.165) is 17.0 Å². The smallest absolute Gasteiger partial charge is 0.0991 e. The predicted octanol–water partition coefficient (Wildman–Crippen LogP) is 3.63. The topological polar surface area (TPSA) is 42.8 Å². The lowest BCUT2D eigenvalue weighted by molar-refractivity contribution is 0.233. The van der Waals surface area contributed by atoms with Crippen LogP contribution in [0.4, 0.5) is 0 Å². The maximum atomic E-state index is 9.10. The number of H-pyrrole nitrogens is 1. The molecule has 1 aromatic carbocycles. The van der Waals surface area contributed by atoms with E-state index in [9.17, 15) is 0 Å². The van der Waals surface area contributed by atoms with Crippen molar-refractivity contribution < 1.29 is 0 Å². The molecule has 0 amide bonds. The van der Waals surface area contributed by atoms with Crippen molar-refractivity contribution in [1.29, 1.82) is 5.26 Å². The van der Waals surface area contributed by atoms with Gasteiger partial charge in [-0.05, 0) is 74.9 Å². The van der Waals surface area contributed by atoms with Crippen molar-refractivity contribution in [3.05, 3.63) is 35.5 Å². The van der Waals surface area contributed by atoms with Crippen LogP contribution >= 0.6 is 0 Å². The van der Waals surface area contributed by atoms with Crippen LogP contribution in [0.25, 0.3) is 10.9 Å². The molecule has 21 heavy (non-hydrogen) atoms. The number of fused-ring (bicyclic) bond motifs is 1. The van der Waals surface area contributed by atoms with Crippen molar-refractivity contribution in [3.63, 3.8) is 0 Å². The number of benzene rings is 1. The second-order valence-electron chi connectivity index (χ2n) is 6.61. The first-order valence-corrected chi connectivity index (χ1v) is 8.03. The maximum absolute atomic E-state index is 9.10. The van der Waals surface area contributed by atoms with Gasteiger partial charge in [0, 0.05) is 23.1 Å². The second kappa shape index (κ2) is 4.89. The van der Waals surface area contributed by atoms with Gasteiger partial charge in [-0.2, -0.15) is 5.26 Å². The summed E-state index contributed by atoms with van der Waals surface area (Å²) in [7, 11) is 0. The normalized spacial score (nSPS) is 26.9. The molecule has 0 radical (unpaired) electrons. The Labute approximate surface area is 125 Å². The Morgan fingerprint density at radius 3 is 2.90 bits per heavy atom. The van der Waals surface area contributed by atoms with Crippen molar-refractivity contribution >= 4 is 10.9 Å². The number of hydrogen-bond donors (Lipinski definition) is 1. The second-order valence-corrected chi connectivity index (χ2v) is 6.61. The number of likely N-dealkylation sites (tertiary alicyclic amines) is 1. The van der Waals surface area contributed by atoms with Gasteiger partial charge in [0.25, 0.3) is 0 Å². The van der Waals surface area contributed by atoms with E-state index in [1.165, 1.54) is 43.3 Å². The van der Waals surface area contributed by atoms with E-state index in [1.54, 1.807) is 0 Å². The minimum Gasteiger partial charge on any atom is -0.361 e. The third kappa shape index (κ3) is 2.15. The molecule has 3 unspecified atom stereocenters. The first kappa shape index (κ1) is 12.9. The zero-order valence-corrected chi connectivity index (χ0v) is 12.5. The molecule has 2 heterocycles. The third-order valence-corrected chi connectivity index (χ3v) is 5.42. The minimum absolute atomic E-state index is 0.670. The van der Waals surface area contributed by atoms with Gasteiger partial charge in [-0.1, -0.05) is 0 Å². The molecule has 3 atom stereocenters. The van der Waals surface area contributed by atoms with Gasteiger partial charge in [0.2, 0.25) is 0 Å². The van der Waals surface area contributed by atoms with Crippen LogP contribution in [0.5, 0.6) is 0 Å². The van der Waals surface area contributed by atoms with Gasteiger partial charge >= 0.3 is 0 Å². The Morgan fingerprint density at radius 1 is 1.33 bits per heavy atom. The lowest BCUT2D eigenvalue weighted by Gasteiger charge is -2.23. The highest BCUT2D eigenvalue weighted by Gasteiger charge is 2.45. The molecule has 4 rings (SSSR count). The summed E-state index contributed by atoms with van der Waals surface area (Å²) >= 11 is 0. The summed E-state index contributed by atoms with van der Waals surface area (Å²) < 4.78 is 0. The number of nitrogens with zero attached hydrogens (tertiary/aromatic N) is 2. The molecule has 1 aliphatic heterocycles. The van der Waals surface area contributed by atoms with Gasteiger partial charge in [0.15, 0.2) is 0 Å². The van der Waals surface area contributed by atoms with Crippen LogP contribution in [0.3, 0.4) is 0 Å². The molecule has 108 valence electrons. The van der Waals surface area contributed by atoms with Crippen LogP contribution in [-0.4, -0.2) is 29.0 Å². The van der Waals surface area contributed by atoms with Crippen molar-refractivity contribution in [2.24, 2.45) is 5.92 Å². The first-order valence-electron chi connectivity index (χ1n) is 8.03. The molecule has 2 aliphatic rings. The number of aromatic nitrogens is 1. The van der Waals surface area contributed by atoms with Gasteiger partial charge in [-0.15, -0.1) is 0 Å².